The number of carbonyl (C=O) groups excluding carboxylic acids is 1. The summed E-state index contributed by atoms with van der Waals surface area (Å²) in [7, 11) is 3.11. The van der Waals surface area contributed by atoms with Gasteiger partial charge in [-0.2, -0.15) is 0 Å². The number of methoxy groups -OCH3 is 2. The first kappa shape index (κ1) is 19.7. The van der Waals surface area contributed by atoms with Crippen molar-refractivity contribution >= 4 is 28.9 Å². The molecule has 0 aromatic heterocycles. The molecule has 1 atom stereocenters. The SMILES string of the molecule is COCCC1(C(=S)N[C@@H](Cc2ccc(N)cc2)C(=O)OC)CCCC1. The molecule has 1 aliphatic carbocycles. The molecular formula is C19H28N2O3S. The molecule has 0 amide bonds. The quantitative estimate of drug-likeness (QED) is 0.420. The Labute approximate surface area is 155 Å². The van der Waals surface area contributed by atoms with E-state index in [-0.39, 0.29) is 11.4 Å². The number of nitrogen functional groups attached to an aromatic ring is 1. The van der Waals surface area contributed by atoms with E-state index in [0.717, 1.165) is 42.7 Å². The van der Waals surface area contributed by atoms with Crippen LogP contribution >= 0.6 is 12.2 Å². The highest BCUT2D eigenvalue weighted by molar-refractivity contribution is 7.80. The molecule has 0 heterocycles. The Balaban J connectivity index is 2.10. The second-order valence-corrected chi connectivity index (χ2v) is 7.13. The number of esters is 1. The van der Waals surface area contributed by atoms with E-state index in [9.17, 15) is 4.79 Å². The van der Waals surface area contributed by atoms with Gasteiger partial charge >= 0.3 is 5.97 Å². The molecule has 1 saturated carbocycles. The van der Waals surface area contributed by atoms with Crippen LogP contribution in [0.4, 0.5) is 5.69 Å². The minimum Gasteiger partial charge on any atom is -0.467 e. The van der Waals surface area contributed by atoms with Gasteiger partial charge in [0.15, 0.2) is 0 Å². The molecule has 6 heteroatoms. The molecule has 138 valence electrons. The normalized spacial score (nSPS) is 17.0. The zero-order chi connectivity index (χ0) is 18.3. The standard InChI is InChI=1S/C19H28N2O3S/c1-23-12-11-19(9-3-4-10-19)18(25)21-16(17(22)24-2)13-14-5-7-15(20)8-6-14/h5-8,16H,3-4,9-13,20H2,1-2H3,(H,21,25)/t16-/m0/s1. The molecule has 3 N–H and O–H groups in total. The smallest absolute Gasteiger partial charge is 0.328 e. The Morgan fingerprint density at radius 1 is 1.28 bits per heavy atom. The fraction of sp³-hybridized carbons (Fsp3) is 0.579. The summed E-state index contributed by atoms with van der Waals surface area (Å²) < 4.78 is 10.2. The van der Waals surface area contributed by atoms with Crippen LogP contribution in [0.5, 0.6) is 0 Å². The summed E-state index contributed by atoms with van der Waals surface area (Å²) in [5.41, 5.74) is 7.37. The highest BCUT2D eigenvalue weighted by Crippen LogP contribution is 2.42. The van der Waals surface area contributed by atoms with Gasteiger partial charge in [0.1, 0.15) is 6.04 Å². The molecule has 0 radical (unpaired) electrons. The molecule has 1 aromatic carbocycles. The summed E-state index contributed by atoms with van der Waals surface area (Å²) in [6.45, 7) is 0.669. The van der Waals surface area contributed by atoms with Gasteiger partial charge < -0.3 is 20.5 Å². The second-order valence-electron chi connectivity index (χ2n) is 6.73. The van der Waals surface area contributed by atoms with Crippen molar-refractivity contribution in [3.05, 3.63) is 29.8 Å². The van der Waals surface area contributed by atoms with Gasteiger partial charge in [-0.3, -0.25) is 0 Å². The molecular weight excluding hydrogens is 336 g/mol. The van der Waals surface area contributed by atoms with Gasteiger partial charge in [-0.1, -0.05) is 37.2 Å². The fourth-order valence-electron chi connectivity index (χ4n) is 3.48. The molecule has 25 heavy (non-hydrogen) atoms. The van der Waals surface area contributed by atoms with E-state index in [0.29, 0.717) is 18.7 Å². The van der Waals surface area contributed by atoms with Crippen LogP contribution in [0.15, 0.2) is 24.3 Å². The number of hydrogen-bond donors (Lipinski definition) is 2. The van der Waals surface area contributed by atoms with E-state index < -0.39 is 6.04 Å². The maximum absolute atomic E-state index is 12.3. The highest BCUT2D eigenvalue weighted by Gasteiger charge is 2.39. The number of ether oxygens (including phenoxy) is 2. The number of hydrogen-bond acceptors (Lipinski definition) is 5. The third kappa shape index (κ3) is 5.16. The second kappa shape index (κ2) is 9.15. The molecule has 0 bridgehead atoms. The molecule has 0 unspecified atom stereocenters. The van der Waals surface area contributed by atoms with Crippen molar-refractivity contribution in [2.45, 2.75) is 44.6 Å². The average Bonchev–Trinajstić information content (AvgIpc) is 3.10. The fourth-order valence-corrected chi connectivity index (χ4v) is 3.92. The number of carbonyl (C=O) groups is 1. The molecule has 2 rings (SSSR count). The number of thiocarbonyl (C=S) groups is 1. The first-order valence-corrected chi connectivity index (χ1v) is 9.14. The largest absolute Gasteiger partial charge is 0.467 e. The summed E-state index contributed by atoms with van der Waals surface area (Å²) in [5, 5.41) is 3.29. The maximum atomic E-state index is 12.3. The molecule has 0 aliphatic heterocycles. The summed E-state index contributed by atoms with van der Waals surface area (Å²) >= 11 is 5.73. The van der Waals surface area contributed by atoms with Gasteiger partial charge in [-0.05, 0) is 37.0 Å². The molecule has 0 saturated heterocycles. The average molecular weight is 365 g/mol. The van der Waals surface area contributed by atoms with Crippen LogP contribution in [-0.2, 0) is 20.7 Å². The summed E-state index contributed by atoms with van der Waals surface area (Å²) in [6.07, 6.45) is 5.78. The van der Waals surface area contributed by atoms with Gasteiger partial charge in [-0.25, -0.2) is 4.79 Å². The van der Waals surface area contributed by atoms with E-state index in [4.69, 9.17) is 27.4 Å². The Morgan fingerprint density at radius 2 is 1.92 bits per heavy atom. The minimum atomic E-state index is -0.499. The van der Waals surface area contributed by atoms with Gasteiger partial charge in [0.25, 0.3) is 0 Å². The van der Waals surface area contributed by atoms with Crippen LogP contribution in [-0.4, -0.2) is 37.8 Å². The summed E-state index contributed by atoms with van der Waals surface area (Å²) in [4.78, 5) is 13.0. The van der Waals surface area contributed by atoms with Crippen LogP contribution in [0.25, 0.3) is 0 Å². The van der Waals surface area contributed by atoms with Gasteiger partial charge in [0.05, 0.1) is 12.1 Å². The molecule has 1 aliphatic rings. The highest BCUT2D eigenvalue weighted by atomic mass is 32.1. The topological polar surface area (TPSA) is 73.6 Å². The van der Waals surface area contributed by atoms with Gasteiger partial charge in [0.2, 0.25) is 0 Å². The predicted molar refractivity (Wildman–Crippen MR) is 103 cm³/mol. The Kier molecular flexibility index (Phi) is 7.20. The lowest BCUT2D eigenvalue weighted by atomic mass is 9.82. The van der Waals surface area contributed by atoms with E-state index in [1.807, 2.05) is 24.3 Å². The van der Waals surface area contributed by atoms with E-state index in [1.165, 1.54) is 7.11 Å². The molecule has 1 aromatic rings. The van der Waals surface area contributed by atoms with E-state index in [1.54, 1.807) is 7.11 Å². The van der Waals surface area contributed by atoms with Crippen LogP contribution in [0, 0.1) is 5.41 Å². The van der Waals surface area contributed by atoms with Gasteiger partial charge in [-0.15, -0.1) is 0 Å². The summed E-state index contributed by atoms with van der Waals surface area (Å²) in [6, 6.07) is 7.01. The molecule has 0 spiro atoms. The first-order valence-electron chi connectivity index (χ1n) is 8.73. The van der Waals surface area contributed by atoms with Crippen LogP contribution < -0.4 is 11.1 Å². The zero-order valence-electron chi connectivity index (χ0n) is 15.0. The lowest BCUT2D eigenvalue weighted by Gasteiger charge is -2.32. The number of rotatable bonds is 8. The van der Waals surface area contributed by atoms with Crippen LogP contribution in [0.1, 0.15) is 37.7 Å². The minimum absolute atomic E-state index is 0.0707. The van der Waals surface area contributed by atoms with E-state index >= 15 is 0 Å². The predicted octanol–water partition coefficient (Wildman–Crippen LogP) is 2.87. The molecule has 5 nitrogen and oxygen atoms in total. The Morgan fingerprint density at radius 3 is 2.48 bits per heavy atom. The van der Waals surface area contributed by atoms with Crippen molar-refractivity contribution in [3.8, 4) is 0 Å². The van der Waals surface area contributed by atoms with Crippen LogP contribution in [0.2, 0.25) is 0 Å². The van der Waals surface area contributed by atoms with Crippen LogP contribution in [0.3, 0.4) is 0 Å². The van der Waals surface area contributed by atoms with Gasteiger partial charge in [0, 0.05) is 31.2 Å². The maximum Gasteiger partial charge on any atom is 0.328 e. The third-order valence-electron chi connectivity index (χ3n) is 5.04. The number of anilines is 1. The number of benzene rings is 1. The third-order valence-corrected chi connectivity index (χ3v) is 5.59. The first-order chi connectivity index (χ1) is 12.0. The molecule has 1 fully saturated rings. The Bertz CT molecular complexity index is 583. The van der Waals surface area contributed by atoms with Crippen molar-refractivity contribution in [2.24, 2.45) is 5.41 Å². The van der Waals surface area contributed by atoms with Crippen molar-refractivity contribution in [2.75, 3.05) is 26.6 Å². The number of nitrogens with two attached hydrogens (primary N) is 1. The van der Waals surface area contributed by atoms with Crippen molar-refractivity contribution in [3.63, 3.8) is 0 Å². The van der Waals surface area contributed by atoms with Crippen molar-refractivity contribution < 1.29 is 14.3 Å². The zero-order valence-corrected chi connectivity index (χ0v) is 15.9. The van der Waals surface area contributed by atoms with Crippen molar-refractivity contribution in [1.29, 1.82) is 0 Å². The Hall–Kier alpha value is -1.66. The summed E-state index contributed by atoms with van der Waals surface area (Å²) in [5.74, 6) is -0.306. The van der Waals surface area contributed by atoms with Crippen molar-refractivity contribution in [1.82, 2.24) is 5.32 Å². The lowest BCUT2D eigenvalue weighted by Crippen LogP contribution is -2.48. The van der Waals surface area contributed by atoms with E-state index in [2.05, 4.69) is 5.32 Å². The lowest BCUT2D eigenvalue weighted by molar-refractivity contribution is -0.142. The monoisotopic (exact) mass is 364 g/mol. The number of nitrogens with one attached hydrogen (secondary N) is 1.